The fourth-order valence-electron chi connectivity index (χ4n) is 1.43. The topological polar surface area (TPSA) is 45.1 Å². The van der Waals surface area contributed by atoms with Gasteiger partial charge in [0.2, 0.25) is 0 Å². The molecule has 92 valence electrons. The molecular weight excluding hydrogens is 252 g/mol. The van der Waals surface area contributed by atoms with Gasteiger partial charge in [-0.3, -0.25) is 0 Å². The van der Waals surface area contributed by atoms with Crippen molar-refractivity contribution in [1.82, 2.24) is 10.3 Å². The lowest BCUT2D eigenvalue weighted by atomic mass is 10.3. The molecule has 0 radical (unpaired) electrons. The molecule has 0 saturated heterocycles. The van der Waals surface area contributed by atoms with Crippen LogP contribution in [0.25, 0.3) is 9.88 Å². The second-order valence-electron chi connectivity index (χ2n) is 3.94. The highest BCUT2D eigenvalue weighted by Crippen LogP contribution is 2.27. The van der Waals surface area contributed by atoms with Gasteiger partial charge in [0.25, 0.3) is 0 Å². The first kappa shape index (κ1) is 12.7. The van der Waals surface area contributed by atoms with Crippen molar-refractivity contribution in [3.8, 4) is 9.88 Å². The van der Waals surface area contributed by atoms with Gasteiger partial charge in [0.05, 0.1) is 16.7 Å². The van der Waals surface area contributed by atoms with E-state index in [0.29, 0.717) is 0 Å². The summed E-state index contributed by atoms with van der Waals surface area (Å²) in [4.78, 5) is 5.80. The number of aromatic nitrogens is 1. The molecule has 0 aromatic carbocycles. The van der Waals surface area contributed by atoms with E-state index in [9.17, 15) is 0 Å². The Kier molecular flexibility index (Phi) is 4.67. The Balaban J connectivity index is 1.83. The molecule has 2 aromatic heterocycles. The van der Waals surface area contributed by atoms with Crippen LogP contribution >= 0.6 is 22.7 Å². The van der Waals surface area contributed by atoms with E-state index in [1.807, 2.05) is 6.07 Å². The fourth-order valence-corrected chi connectivity index (χ4v) is 3.06. The zero-order valence-electron chi connectivity index (χ0n) is 9.72. The maximum absolute atomic E-state index is 9.13. The third-order valence-corrected chi connectivity index (χ3v) is 4.26. The number of thiophene rings is 1. The van der Waals surface area contributed by atoms with Crippen LogP contribution in [0.3, 0.4) is 0 Å². The number of aliphatic hydroxyl groups is 1. The van der Waals surface area contributed by atoms with Crippen molar-refractivity contribution in [3.63, 3.8) is 0 Å². The molecule has 2 rings (SSSR count). The maximum atomic E-state index is 9.13. The Morgan fingerprint density at radius 2 is 2.35 bits per heavy atom. The van der Waals surface area contributed by atoms with Crippen molar-refractivity contribution >= 4 is 22.7 Å². The summed E-state index contributed by atoms with van der Waals surface area (Å²) >= 11 is 3.40. The number of nitrogens with one attached hydrogen (secondary N) is 1. The first-order valence-corrected chi connectivity index (χ1v) is 7.38. The molecule has 1 atom stereocenters. The maximum Gasteiger partial charge on any atom is 0.133 e. The minimum atomic E-state index is -0.236. The molecule has 0 fully saturated rings. The Morgan fingerprint density at radius 1 is 1.47 bits per heavy atom. The normalized spacial score (nSPS) is 12.8. The molecule has 3 nitrogen and oxygen atoms in total. The van der Waals surface area contributed by atoms with E-state index in [1.165, 1.54) is 4.88 Å². The van der Waals surface area contributed by atoms with Crippen molar-refractivity contribution in [3.05, 3.63) is 28.6 Å². The summed E-state index contributed by atoms with van der Waals surface area (Å²) in [5.41, 5.74) is 1.07. The number of nitrogens with zero attached hydrogens (tertiary/aromatic N) is 1. The van der Waals surface area contributed by atoms with Crippen LogP contribution in [-0.4, -0.2) is 22.7 Å². The van der Waals surface area contributed by atoms with Crippen LogP contribution in [0, 0.1) is 0 Å². The van der Waals surface area contributed by atoms with Gasteiger partial charge in [-0.15, -0.1) is 22.7 Å². The number of hydrogen-bond donors (Lipinski definition) is 2. The number of aliphatic hydroxyl groups excluding tert-OH is 1. The van der Waals surface area contributed by atoms with E-state index in [2.05, 4.69) is 27.1 Å². The molecule has 0 aliphatic heterocycles. The Morgan fingerprint density at radius 3 is 3.06 bits per heavy atom. The van der Waals surface area contributed by atoms with Gasteiger partial charge in [-0.25, -0.2) is 4.98 Å². The van der Waals surface area contributed by atoms with Gasteiger partial charge in [0.1, 0.15) is 5.01 Å². The van der Waals surface area contributed by atoms with Crippen molar-refractivity contribution in [2.75, 3.05) is 6.54 Å². The lowest BCUT2D eigenvalue weighted by Gasteiger charge is -2.04. The predicted molar refractivity (Wildman–Crippen MR) is 73.4 cm³/mol. The van der Waals surface area contributed by atoms with Crippen LogP contribution in [-0.2, 0) is 6.54 Å². The molecule has 17 heavy (non-hydrogen) atoms. The van der Waals surface area contributed by atoms with Gasteiger partial charge in [0, 0.05) is 11.9 Å². The van der Waals surface area contributed by atoms with Crippen LogP contribution in [0.4, 0.5) is 0 Å². The van der Waals surface area contributed by atoms with E-state index in [-0.39, 0.29) is 6.10 Å². The second-order valence-corrected chi connectivity index (χ2v) is 5.74. The van der Waals surface area contributed by atoms with Crippen LogP contribution < -0.4 is 5.32 Å². The van der Waals surface area contributed by atoms with Crippen LogP contribution in [0.5, 0.6) is 0 Å². The molecule has 2 heterocycles. The van der Waals surface area contributed by atoms with Crippen LogP contribution in [0.2, 0.25) is 0 Å². The zero-order chi connectivity index (χ0) is 12.1. The number of thiazole rings is 1. The highest BCUT2D eigenvalue weighted by molar-refractivity contribution is 7.20. The van der Waals surface area contributed by atoms with Crippen LogP contribution in [0.15, 0.2) is 22.9 Å². The minimum Gasteiger partial charge on any atom is -0.393 e. The molecular formula is C12H16N2OS2. The fraction of sp³-hybridized carbons (Fsp3) is 0.417. The third-order valence-electron chi connectivity index (χ3n) is 2.33. The van der Waals surface area contributed by atoms with Gasteiger partial charge in [-0.05, 0) is 31.3 Å². The molecule has 2 N–H and O–H groups in total. The lowest BCUT2D eigenvalue weighted by Crippen LogP contribution is -2.18. The highest BCUT2D eigenvalue weighted by Gasteiger charge is 2.05. The van der Waals surface area contributed by atoms with Crippen molar-refractivity contribution < 1.29 is 5.11 Å². The van der Waals surface area contributed by atoms with Crippen molar-refractivity contribution in [1.29, 1.82) is 0 Å². The van der Waals surface area contributed by atoms with Gasteiger partial charge >= 0.3 is 0 Å². The summed E-state index contributed by atoms with van der Waals surface area (Å²) in [5.74, 6) is 0. The molecule has 0 spiro atoms. The van der Waals surface area contributed by atoms with E-state index in [0.717, 1.165) is 30.2 Å². The molecule has 0 amide bonds. The molecule has 0 saturated carbocycles. The van der Waals surface area contributed by atoms with Gasteiger partial charge in [-0.2, -0.15) is 0 Å². The first-order valence-electron chi connectivity index (χ1n) is 5.63. The van der Waals surface area contributed by atoms with E-state index < -0.39 is 0 Å². The summed E-state index contributed by atoms with van der Waals surface area (Å²) in [5, 5.41) is 17.7. The SMILES string of the molecule is CC(O)CCNCc1csc(-c2cccs2)n1. The van der Waals surface area contributed by atoms with E-state index in [1.54, 1.807) is 29.6 Å². The monoisotopic (exact) mass is 268 g/mol. The average Bonchev–Trinajstić information content (AvgIpc) is 2.94. The van der Waals surface area contributed by atoms with Crippen molar-refractivity contribution in [2.45, 2.75) is 26.0 Å². The van der Waals surface area contributed by atoms with Crippen molar-refractivity contribution in [2.24, 2.45) is 0 Å². The van der Waals surface area contributed by atoms with Gasteiger partial charge < -0.3 is 10.4 Å². The molecule has 0 aliphatic rings. The molecule has 5 heteroatoms. The largest absolute Gasteiger partial charge is 0.393 e. The second kappa shape index (κ2) is 6.26. The minimum absolute atomic E-state index is 0.236. The van der Waals surface area contributed by atoms with E-state index in [4.69, 9.17) is 5.11 Å². The summed E-state index contributed by atoms with van der Waals surface area (Å²) in [6, 6.07) is 4.14. The Hall–Kier alpha value is -0.750. The predicted octanol–water partition coefficient (Wildman–Crippen LogP) is 2.73. The average molecular weight is 268 g/mol. The lowest BCUT2D eigenvalue weighted by molar-refractivity contribution is 0.183. The molecule has 0 aliphatic carbocycles. The van der Waals surface area contributed by atoms with Crippen LogP contribution in [0.1, 0.15) is 19.0 Å². The van der Waals surface area contributed by atoms with E-state index >= 15 is 0 Å². The quantitative estimate of drug-likeness (QED) is 0.792. The Labute approximate surface area is 109 Å². The smallest absolute Gasteiger partial charge is 0.133 e. The Bertz CT molecular complexity index is 437. The standard InChI is InChI=1S/C12H16N2OS2/c1-9(15)4-5-13-7-10-8-17-12(14-10)11-3-2-6-16-11/h2-3,6,8-9,13,15H,4-5,7H2,1H3. The summed E-state index contributed by atoms with van der Waals surface area (Å²) < 4.78 is 0. The number of hydrogen-bond acceptors (Lipinski definition) is 5. The summed E-state index contributed by atoms with van der Waals surface area (Å²) in [6.07, 6.45) is 0.543. The first-order chi connectivity index (χ1) is 8.25. The third kappa shape index (κ3) is 3.89. The highest BCUT2D eigenvalue weighted by atomic mass is 32.1. The summed E-state index contributed by atoms with van der Waals surface area (Å²) in [6.45, 7) is 3.40. The molecule has 2 aromatic rings. The van der Waals surface area contributed by atoms with Gasteiger partial charge in [-0.1, -0.05) is 6.07 Å². The molecule has 0 bridgehead atoms. The number of rotatable bonds is 6. The zero-order valence-corrected chi connectivity index (χ0v) is 11.4. The van der Waals surface area contributed by atoms with Gasteiger partial charge in [0.15, 0.2) is 0 Å². The molecule has 1 unspecified atom stereocenters. The summed E-state index contributed by atoms with van der Waals surface area (Å²) in [7, 11) is 0.